The molecule has 1 saturated carbocycles. The number of hydrogen-bond acceptors (Lipinski definition) is 3. The number of hydrogen-bond donors (Lipinski definition) is 1. The maximum Gasteiger partial charge on any atom is 0.395 e. The van der Waals surface area contributed by atoms with Gasteiger partial charge in [0.05, 0.1) is 10.0 Å². The van der Waals surface area contributed by atoms with E-state index in [9.17, 15) is 14.4 Å². The molecule has 7 heteroatoms. The van der Waals surface area contributed by atoms with Crippen LogP contribution in [-0.2, 0) is 14.4 Å². The largest absolute Gasteiger partial charge is 0.474 e. The number of nitrogens with zero attached hydrogens (tertiary/aromatic N) is 1. The zero-order valence-electron chi connectivity index (χ0n) is 16.0. The Balaban J connectivity index is 2.02. The smallest absolute Gasteiger partial charge is 0.395 e. The van der Waals surface area contributed by atoms with E-state index in [1.807, 2.05) is 38.1 Å². The number of carbonyl (C=O) groups is 3. The first-order valence-electron chi connectivity index (χ1n) is 9.00. The second kappa shape index (κ2) is 9.39. The first kappa shape index (κ1) is 22.2. The Hall–Kier alpha value is -2.11. The van der Waals surface area contributed by atoms with Gasteiger partial charge in [-0.1, -0.05) is 55.3 Å². The number of rotatable bonds is 6. The summed E-state index contributed by atoms with van der Waals surface area (Å²) in [5.41, 5.74) is 1.77. The molecule has 28 heavy (non-hydrogen) atoms. The van der Waals surface area contributed by atoms with Crippen molar-refractivity contribution in [1.29, 1.82) is 0 Å². The lowest BCUT2D eigenvalue weighted by Gasteiger charge is -2.19. The Morgan fingerprint density at radius 1 is 1.25 bits per heavy atom. The van der Waals surface area contributed by atoms with Gasteiger partial charge in [-0.3, -0.25) is 14.5 Å². The molecular weight excluding hydrogens is 401 g/mol. The van der Waals surface area contributed by atoms with E-state index >= 15 is 0 Å². The van der Waals surface area contributed by atoms with Crippen molar-refractivity contribution in [1.82, 2.24) is 4.90 Å². The minimum atomic E-state index is -1.64. The molecule has 0 bridgehead atoms. The third-order valence-corrected chi connectivity index (χ3v) is 5.15. The number of halogens is 2. The molecule has 2 atom stereocenters. The number of carboxylic acids is 1. The van der Waals surface area contributed by atoms with Gasteiger partial charge < -0.3 is 5.11 Å². The highest BCUT2D eigenvalue weighted by Crippen LogP contribution is 2.49. The molecule has 1 fully saturated rings. The minimum Gasteiger partial charge on any atom is -0.474 e. The van der Waals surface area contributed by atoms with Crippen molar-refractivity contribution in [3.63, 3.8) is 0 Å². The lowest BCUT2D eigenvalue weighted by Crippen LogP contribution is -2.42. The number of imide groups is 1. The van der Waals surface area contributed by atoms with Gasteiger partial charge in [-0.25, -0.2) is 4.79 Å². The van der Waals surface area contributed by atoms with Gasteiger partial charge in [0.25, 0.3) is 5.91 Å². The summed E-state index contributed by atoms with van der Waals surface area (Å²) < 4.78 is 0. The molecule has 0 saturated heterocycles. The number of carboxylic acid groups (broad SMARTS) is 1. The Bertz CT molecular complexity index is 845. The fourth-order valence-corrected chi connectivity index (χ4v) is 3.21. The first-order chi connectivity index (χ1) is 13.1. The lowest BCUT2D eigenvalue weighted by atomic mass is 10.1. The summed E-state index contributed by atoms with van der Waals surface area (Å²) in [6, 6.07) is 5.61. The second-order valence-corrected chi connectivity index (χ2v) is 8.19. The van der Waals surface area contributed by atoms with E-state index in [2.05, 4.69) is 0 Å². The van der Waals surface area contributed by atoms with Crippen LogP contribution in [0.25, 0.3) is 0 Å². The van der Waals surface area contributed by atoms with Crippen LogP contribution >= 0.6 is 23.2 Å². The van der Waals surface area contributed by atoms with Crippen LogP contribution in [-0.4, -0.2) is 34.3 Å². The predicted octanol–water partition coefficient (Wildman–Crippen LogP) is 4.70. The molecule has 150 valence electrons. The average molecular weight is 424 g/mol. The van der Waals surface area contributed by atoms with Crippen LogP contribution in [0.5, 0.6) is 0 Å². The predicted molar refractivity (Wildman–Crippen MR) is 109 cm³/mol. The Morgan fingerprint density at radius 3 is 2.50 bits per heavy atom. The number of aliphatic carboxylic acids is 1. The summed E-state index contributed by atoms with van der Waals surface area (Å²) in [4.78, 5) is 35.8. The molecule has 2 amide bonds. The van der Waals surface area contributed by atoms with Gasteiger partial charge in [0.15, 0.2) is 0 Å². The molecular formula is C21H23Cl2NO4. The minimum absolute atomic E-state index is 0.0325. The van der Waals surface area contributed by atoms with E-state index < -0.39 is 17.8 Å². The number of amides is 2. The number of carbonyl (C=O) groups excluding carboxylic acids is 2. The maximum atomic E-state index is 12.4. The van der Waals surface area contributed by atoms with Gasteiger partial charge >= 0.3 is 11.9 Å². The van der Waals surface area contributed by atoms with E-state index in [0.29, 0.717) is 27.5 Å². The first-order valence-corrected chi connectivity index (χ1v) is 9.76. The highest BCUT2D eigenvalue weighted by atomic mass is 35.5. The van der Waals surface area contributed by atoms with Gasteiger partial charge in [0.2, 0.25) is 0 Å². The summed E-state index contributed by atoms with van der Waals surface area (Å²) in [7, 11) is 0. The van der Waals surface area contributed by atoms with Crippen LogP contribution in [0.3, 0.4) is 0 Å². The molecule has 1 N–H and O–H groups in total. The zero-order chi connectivity index (χ0) is 21.0. The van der Waals surface area contributed by atoms with Gasteiger partial charge in [-0.05, 0) is 54.4 Å². The molecule has 0 radical (unpaired) electrons. The monoisotopic (exact) mass is 423 g/mol. The zero-order valence-corrected chi connectivity index (χ0v) is 17.5. The second-order valence-electron chi connectivity index (χ2n) is 7.38. The maximum absolute atomic E-state index is 12.4. The van der Waals surface area contributed by atoms with E-state index in [4.69, 9.17) is 28.3 Å². The molecule has 0 spiro atoms. The third kappa shape index (κ3) is 5.94. The Kier molecular flexibility index (Phi) is 7.44. The average Bonchev–Trinajstić information content (AvgIpc) is 3.39. The van der Waals surface area contributed by atoms with Crippen molar-refractivity contribution in [2.45, 2.75) is 33.1 Å². The Labute approximate surface area is 174 Å². The normalized spacial score (nSPS) is 19.1. The van der Waals surface area contributed by atoms with Crippen molar-refractivity contribution in [3.05, 3.63) is 57.6 Å². The number of allylic oxidation sites excluding steroid dienone is 3. The summed E-state index contributed by atoms with van der Waals surface area (Å²) >= 11 is 12.0. The fraction of sp³-hybridized carbons (Fsp3) is 0.381. The summed E-state index contributed by atoms with van der Waals surface area (Å²) in [5.74, 6) is -2.81. The topological polar surface area (TPSA) is 74.7 Å². The quantitative estimate of drug-likeness (QED) is 0.408. The molecule has 0 aromatic heterocycles. The van der Waals surface area contributed by atoms with Crippen molar-refractivity contribution in [2.24, 2.45) is 11.8 Å². The van der Waals surface area contributed by atoms with E-state index in [1.165, 1.54) is 6.08 Å². The van der Waals surface area contributed by atoms with Crippen molar-refractivity contribution in [2.75, 3.05) is 6.54 Å². The molecule has 1 aromatic rings. The number of benzene rings is 1. The van der Waals surface area contributed by atoms with Crippen LogP contribution in [0.2, 0.25) is 10.0 Å². The van der Waals surface area contributed by atoms with Gasteiger partial charge in [0.1, 0.15) is 0 Å². The van der Waals surface area contributed by atoms with Crippen LogP contribution in [0, 0.1) is 11.8 Å². The van der Waals surface area contributed by atoms with Crippen LogP contribution in [0.4, 0.5) is 0 Å². The fourth-order valence-electron chi connectivity index (χ4n) is 2.90. The molecule has 0 unspecified atom stereocenters. The molecule has 5 nitrogen and oxygen atoms in total. The highest BCUT2D eigenvalue weighted by molar-refractivity contribution is 6.42. The highest BCUT2D eigenvalue weighted by Gasteiger charge is 2.36. The summed E-state index contributed by atoms with van der Waals surface area (Å²) in [6.45, 7) is 5.41. The van der Waals surface area contributed by atoms with Crippen molar-refractivity contribution >= 4 is 41.0 Å². The van der Waals surface area contributed by atoms with Gasteiger partial charge in [-0.2, -0.15) is 0 Å². The van der Waals surface area contributed by atoms with Crippen LogP contribution in [0.1, 0.15) is 38.7 Å². The molecule has 1 aliphatic rings. The van der Waals surface area contributed by atoms with Gasteiger partial charge in [-0.15, -0.1) is 0 Å². The summed E-state index contributed by atoms with van der Waals surface area (Å²) in [6.07, 6.45) is 6.10. The van der Waals surface area contributed by atoms with Crippen molar-refractivity contribution in [3.8, 4) is 0 Å². The molecule has 1 aliphatic carbocycles. The lowest BCUT2D eigenvalue weighted by molar-refractivity contribution is -0.159. The van der Waals surface area contributed by atoms with Crippen LogP contribution < -0.4 is 0 Å². The van der Waals surface area contributed by atoms with Crippen molar-refractivity contribution < 1.29 is 19.5 Å². The third-order valence-electron chi connectivity index (χ3n) is 4.41. The SMILES string of the molecule is CC(C=C[C@@H]1C[C@H]1c1ccc(Cl)c(Cl)c1)=CC(=O)N(CC(C)C)C(=O)C(=O)O. The molecule has 1 aromatic carbocycles. The van der Waals surface area contributed by atoms with E-state index in [1.54, 1.807) is 13.0 Å². The molecule has 2 rings (SSSR count). The molecule has 0 aliphatic heterocycles. The van der Waals surface area contributed by atoms with Crippen LogP contribution in [0.15, 0.2) is 42.0 Å². The summed E-state index contributed by atoms with van der Waals surface area (Å²) in [5, 5.41) is 9.97. The van der Waals surface area contributed by atoms with Gasteiger partial charge in [0, 0.05) is 12.6 Å². The van der Waals surface area contributed by atoms with E-state index in [-0.39, 0.29) is 12.5 Å². The standard InChI is InChI=1S/C21H23Cl2NO4/c1-12(2)11-24(20(26)21(27)28)19(25)8-13(3)4-5-14-9-16(14)15-6-7-17(22)18(23)10-15/h4-8,10,12,14,16H,9,11H2,1-3H3,(H,27,28)/t14-,16-/m1/s1. The van der Waals surface area contributed by atoms with E-state index in [0.717, 1.165) is 16.9 Å². The Morgan fingerprint density at radius 2 is 1.93 bits per heavy atom. The molecule has 0 heterocycles.